The van der Waals surface area contributed by atoms with Crippen LogP contribution >= 0.6 is 11.6 Å². The van der Waals surface area contributed by atoms with E-state index in [1.807, 2.05) is 30.3 Å². The minimum atomic E-state index is -4.70. The van der Waals surface area contributed by atoms with Crippen LogP contribution in [0.1, 0.15) is 23.1 Å². The van der Waals surface area contributed by atoms with Gasteiger partial charge in [0.05, 0.1) is 0 Å². The molecule has 31 heavy (non-hydrogen) atoms. The second-order valence-electron chi connectivity index (χ2n) is 7.17. The highest BCUT2D eigenvalue weighted by Crippen LogP contribution is 2.35. The van der Waals surface area contributed by atoms with Crippen molar-refractivity contribution in [2.24, 2.45) is 0 Å². The van der Waals surface area contributed by atoms with Crippen LogP contribution < -0.4 is 4.74 Å². The molecule has 0 aliphatic carbocycles. The molecule has 0 aliphatic heterocycles. The van der Waals surface area contributed by atoms with Gasteiger partial charge in [0.15, 0.2) is 0 Å². The summed E-state index contributed by atoms with van der Waals surface area (Å²) in [7, 11) is 0. The van der Waals surface area contributed by atoms with Crippen molar-refractivity contribution in [3.8, 4) is 16.9 Å². The van der Waals surface area contributed by atoms with E-state index in [-0.39, 0.29) is 5.75 Å². The number of halogens is 4. The average Bonchev–Trinajstić information content (AvgIpc) is 2.71. The Morgan fingerprint density at radius 1 is 0.968 bits per heavy atom. The van der Waals surface area contributed by atoms with Crippen LogP contribution in [0.25, 0.3) is 16.7 Å². The molecule has 3 aromatic carbocycles. The minimum Gasteiger partial charge on any atom is -0.406 e. The number of benzene rings is 3. The molecular weight excluding hydrogens is 421 g/mol. The van der Waals surface area contributed by atoms with Gasteiger partial charge in [0.1, 0.15) is 5.75 Å². The highest BCUT2D eigenvalue weighted by molar-refractivity contribution is 6.31. The zero-order valence-corrected chi connectivity index (χ0v) is 17.8. The van der Waals surface area contributed by atoms with Gasteiger partial charge in [-0.3, -0.25) is 0 Å². The Morgan fingerprint density at radius 3 is 2.26 bits per heavy atom. The van der Waals surface area contributed by atoms with E-state index in [1.165, 1.54) is 12.1 Å². The molecule has 160 valence electrons. The Morgan fingerprint density at radius 2 is 1.65 bits per heavy atom. The van der Waals surface area contributed by atoms with Crippen LogP contribution in [0.2, 0.25) is 0 Å². The number of hydrogen-bond acceptors (Lipinski definition) is 1. The number of aryl methyl sites for hydroxylation is 2. The predicted octanol–water partition coefficient (Wildman–Crippen LogP) is 8.33. The van der Waals surface area contributed by atoms with E-state index < -0.39 is 6.36 Å². The summed E-state index contributed by atoms with van der Waals surface area (Å²) in [4.78, 5) is 0. The average molecular weight is 443 g/mol. The lowest BCUT2D eigenvalue weighted by Crippen LogP contribution is -2.17. The summed E-state index contributed by atoms with van der Waals surface area (Å²) in [6.07, 6.45) is -1.56. The lowest BCUT2D eigenvalue weighted by molar-refractivity contribution is -0.274. The predicted molar refractivity (Wildman–Crippen MR) is 121 cm³/mol. The van der Waals surface area contributed by atoms with E-state index in [0.29, 0.717) is 17.9 Å². The van der Waals surface area contributed by atoms with Crippen molar-refractivity contribution in [1.82, 2.24) is 0 Å². The lowest BCUT2D eigenvalue weighted by Gasteiger charge is -2.17. The molecule has 0 radical (unpaired) electrons. The summed E-state index contributed by atoms with van der Waals surface area (Å²) in [5, 5.41) is 0.422. The third-order valence-electron chi connectivity index (χ3n) is 4.85. The molecule has 5 heteroatoms. The van der Waals surface area contributed by atoms with E-state index in [9.17, 15) is 13.2 Å². The summed E-state index contributed by atoms with van der Waals surface area (Å²) >= 11 is 6.14. The molecule has 1 nitrogen and oxygen atoms in total. The minimum absolute atomic E-state index is 0.230. The van der Waals surface area contributed by atoms with E-state index in [1.54, 1.807) is 12.1 Å². The molecule has 0 bridgehead atoms. The third-order valence-corrected chi connectivity index (χ3v) is 4.96. The SMILES string of the molecule is C=C(Cl)C=C(CCc1ccc(OC(F)(F)F)cc1)c1c(C)cccc1-c1ccccc1. The van der Waals surface area contributed by atoms with Crippen LogP contribution in [0.4, 0.5) is 13.2 Å². The van der Waals surface area contributed by atoms with Gasteiger partial charge in [-0.25, -0.2) is 0 Å². The van der Waals surface area contributed by atoms with Crippen molar-refractivity contribution in [3.63, 3.8) is 0 Å². The van der Waals surface area contributed by atoms with Gasteiger partial charge in [0.25, 0.3) is 0 Å². The Bertz CT molecular complexity index is 1070. The largest absolute Gasteiger partial charge is 0.573 e. The van der Waals surface area contributed by atoms with Gasteiger partial charge in [0.2, 0.25) is 0 Å². The van der Waals surface area contributed by atoms with Gasteiger partial charge >= 0.3 is 6.36 Å². The van der Waals surface area contributed by atoms with Gasteiger partial charge in [-0.15, -0.1) is 13.2 Å². The quantitative estimate of drug-likeness (QED) is 0.334. The molecular formula is C26H22ClF3O. The van der Waals surface area contributed by atoms with Crippen molar-refractivity contribution in [2.45, 2.75) is 26.1 Å². The highest BCUT2D eigenvalue weighted by atomic mass is 35.5. The Hall–Kier alpha value is -2.98. The molecule has 3 aromatic rings. The second-order valence-corrected chi connectivity index (χ2v) is 7.66. The first-order chi connectivity index (χ1) is 14.7. The molecule has 0 aliphatic rings. The standard InChI is InChI=1S/C26H22ClF3O/c1-18-7-6-10-24(21-8-4-3-5-9-21)25(18)22(17-19(2)27)14-11-20-12-15-23(16-13-20)31-26(28,29)30/h3-10,12-13,15-17H,2,11,14H2,1H3. The summed E-state index contributed by atoms with van der Waals surface area (Å²) in [5.41, 5.74) is 6.31. The van der Waals surface area contributed by atoms with E-state index in [4.69, 9.17) is 11.6 Å². The molecule has 3 rings (SSSR count). The maximum atomic E-state index is 12.4. The van der Waals surface area contributed by atoms with Gasteiger partial charge in [-0.05, 0) is 71.4 Å². The first-order valence-corrected chi connectivity index (χ1v) is 10.2. The topological polar surface area (TPSA) is 9.23 Å². The van der Waals surface area contributed by atoms with E-state index >= 15 is 0 Å². The van der Waals surface area contributed by atoms with Crippen molar-refractivity contribution in [1.29, 1.82) is 0 Å². The summed E-state index contributed by atoms with van der Waals surface area (Å²) in [6, 6.07) is 22.2. The summed E-state index contributed by atoms with van der Waals surface area (Å²) in [5.74, 6) is -0.230. The van der Waals surface area contributed by atoms with Crippen LogP contribution in [0.15, 0.2) is 90.5 Å². The third kappa shape index (κ3) is 6.50. The summed E-state index contributed by atoms with van der Waals surface area (Å²) in [6.45, 7) is 5.87. The molecule has 0 N–H and O–H groups in total. The van der Waals surface area contributed by atoms with Crippen LogP contribution in [0, 0.1) is 6.92 Å². The smallest absolute Gasteiger partial charge is 0.406 e. The fourth-order valence-corrected chi connectivity index (χ4v) is 3.68. The highest BCUT2D eigenvalue weighted by Gasteiger charge is 2.30. The fraction of sp³-hybridized carbons (Fsp3) is 0.154. The number of alkyl halides is 3. The molecule has 0 spiro atoms. The van der Waals surface area contributed by atoms with Crippen LogP contribution in [-0.4, -0.2) is 6.36 Å². The maximum Gasteiger partial charge on any atom is 0.573 e. The zero-order valence-electron chi connectivity index (χ0n) is 17.0. The molecule has 0 aromatic heterocycles. The molecule has 0 saturated carbocycles. The molecule has 0 amide bonds. The van der Waals surface area contributed by atoms with Crippen molar-refractivity contribution >= 4 is 17.2 Å². The normalized spacial score (nSPS) is 12.0. The lowest BCUT2D eigenvalue weighted by atomic mass is 9.88. The summed E-state index contributed by atoms with van der Waals surface area (Å²) < 4.78 is 41.1. The van der Waals surface area contributed by atoms with Gasteiger partial charge in [0, 0.05) is 5.03 Å². The maximum absolute atomic E-state index is 12.4. The monoisotopic (exact) mass is 442 g/mol. The molecule has 0 fully saturated rings. The van der Waals surface area contributed by atoms with Gasteiger partial charge < -0.3 is 4.74 Å². The number of ether oxygens (including phenoxy) is 1. The molecule has 0 atom stereocenters. The van der Waals surface area contributed by atoms with Crippen molar-refractivity contribution < 1.29 is 17.9 Å². The number of rotatable bonds is 7. The fourth-order valence-electron chi connectivity index (χ4n) is 3.55. The van der Waals surface area contributed by atoms with E-state index in [0.717, 1.165) is 33.4 Å². The van der Waals surface area contributed by atoms with Crippen molar-refractivity contribution in [2.75, 3.05) is 0 Å². The Kier molecular flexibility index (Phi) is 7.24. The second kappa shape index (κ2) is 9.88. The zero-order chi connectivity index (χ0) is 22.4. The number of hydrogen-bond donors (Lipinski definition) is 0. The first-order valence-electron chi connectivity index (χ1n) is 9.78. The van der Waals surface area contributed by atoms with E-state index in [2.05, 4.69) is 42.5 Å². The number of allylic oxidation sites excluding steroid dienone is 3. The van der Waals surface area contributed by atoms with Crippen LogP contribution in [-0.2, 0) is 6.42 Å². The van der Waals surface area contributed by atoms with Gasteiger partial charge in [-0.2, -0.15) is 0 Å². The van der Waals surface area contributed by atoms with Crippen molar-refractivity contribution in [3.05, 3.63) is 107 Å². The molecule has 0 saturated heterocycles. The first kappa shape index (κ1) is 22.7. The molecule has 0 heterocycles. The Balaban J connectivity index is 1.89. The van der Waals surface area contributed by atoms with Crippen LogP contribution in [0.5, 0.6) is 5.75 Å². The molecule has 0 unspecified atom stereocenters. The Labute approximate surface area is 185 Å². The van der Waals surface area contributed by atoms with Crippen LogP contribution in [0.3, 0.4) is 0 Å². The van der Waals surface area contributed by atoms with Gasteiger partial charge in [-0.1, -0.05) is 78.8 Å².